The van der Waals surface area contributed by atoms with Gasteiger partial charge >= 0.3 is 0 Å². The fraction of sp³-hybridized carbons (Fsp3) is 0.294. The predicted molar refractivity (Wildman–Crippen MR) is 77.4 cm³/mol. The van der Waals surface area contributed by atoms with Gasteiger partial charge in [-0.2, -0.15) is 0 Å². The van der Waals surface area contributed by atoms with E-state index in [9.17, 15) is 0 Å². The lowest BCUT2D eigenvalue weighted by molar-refractivity contribution is 0.183. The molecular weight excluding hydrogens is 234 g/mol. The van der Waals surface area contributed by atoms with Crippen molar-refractivity contribution in [2.75, 3.05) is 0 Å². The monoisotopic (exact) mass is 253 g/mol. The summed E-state index contributed by atoms with van der Waals surface area (Å²) in [5.41, 5.74) is 11.3. The molecule has 0 aliphatic heterocycles. The average Bonchev–Trinajstić information content (AvgIpc) is 2.73. The van der Waals surface area contributed by atoms with E-state index in [1.165, 1.54) is 22.3 Å². The Bertz CT molecular complexity index is 606. The Hall–Kier alpha value is -1.80. The molecule has 2 heteroatoms. The average molecular weight is 253 g/mol. The van der Waals surface area contributed by atoms with Gasteiger partial charge in [-0.1, -0.05) is 36.4 Å². The zero-order valence-electron chi connectivity index (χ0n) is 11.4. The van der Waals surface area contributed by atoms with E-state index in [4.69, 9.17) is 10.5 Å². The number of ether oxygens (including phenoxy) is 1. The fourth-order valence-corrected chi connectivity index (χ4v) is 2.72. The van der Waals surface area contributed by atoms with Crippen LogP contribution in [0.1, 0.15) is 28.3 Å². The van der Waals surface area contributed by atoms with Crippen LogP contribution < -0.4 is 10.5 Å². The van der Waals surface area contributed by atoms with Gasteiger partial charge in [0.15, 0.2) is 0 Å². The van der Waals surface area contributed by atoms with E-state index in [2.05, 4.69) is 38.1 Å². The summed E-state index contributed by atoms with van der Waals surface area (Å²) in [4.78, 5) is 0. The van der Waals surface area contributed by atoms with Crippen LogP contribution in [0.3, 0.4) is 0 Å². The molecule has 0 amide bonds. The lowest BCUT2D eigenvalue weighted by Crippen LogP contribution is -2.28. The van der Waals surface area contributed by atoms with Gasteiger partial charge in [-0.15, -0.1) is 0 Å². The first kappa shape index (κ1) is 12.2. The molecule has 0 bridgehead atoms. The van der Waals surface area contributed by atoms with Crippen LogP contribution in [0.25, 0.3) is 0 Å². The molecule has 2 unspecified atom stereocenters. The smallest absolute Gasteiger partial charge is 0.123 e. The van der Waals surface area contributed by atoms with Gasteiger partial charge in [0, 0.05) is 6.42 Å². The Balaban J connectivity index is 1.85. The van der Waals surface area contributed by atoms with E-state index in [0.717, 1.165) is 12.2 Å². The summed E-state index contributed by atoms with van der Waals surface area (Å²) in [6.07, 6.45) is 0.933. The molecule has 0 saturated carbocycles. The lowest BCUT2D eigenvalue weighted by atomic mass is 10.1. The molecule has 0 fully saturated rings. The lowest BCUT2D eigenvalue weighted by Gasteiger charge is -2.20. The Labute approximate surface area is 114 Å². The quantitative estimate of drug-likeness (QED) is 0.891. The summed E-state index contributed by atoms with van der Waals surface area (Å²) < 4.78 is 6.16. The van der Waals surface area contributed by atoms with E-state index in [-0.39, 0.29) is 12.1 Å². The Kier molecular flexibility index (Phi) is 3.03. The minimum atomic E-state index is -0.0314. The van der Waals surface area contributed by atoms with E-state index in [0.29, 0.717) is 0 Å². The van der Waals surface area contributed by atoms with Crippen LogP contribution >= 0.6 is 0 Å². The van der Waals surface area contributed by atoms with Crippen molar-refractivity contribution in [3.63, 3.8) is 0 Å². The molecule has 2 N–H and O–H groups in total. The molecule has 19 heavy (non-hydrogen) atoms. The van der Waals surface area contributed by atoms with Gasteiger partial charge in [0.05, 0.1) is 6.04 Å². The number of fused-ring (bicyclic) bond motifs is 1. The normalized spacial score (nSPS) is 21.2. The third kappa shape index (κ3) is 2.13. The SMILES string of the molecule is Cc1cccc(OC2Cc3ccccc3C2N)c1C. The number of rotatable bonds is 2. The van der Waals surface area contributed by atoms with Crippen molar-refractivity contribution in [1.82, 2.24) is 0 Å². The highest BCUT2D eigenvalue weighted by atomic mass is 16.5. The molecule has 1 aliphatic rings. The van der Waals surface area contributed by atoms with E-state index in [1.807, 2.05) is 18.2 Å². The molecule has 2 aromatic rings. The summed E-state index contributed by atoms with van der Waals surface area (Å²) in [7, 11) is 0. The highest BCUT2D eigenvalue weighted by Crippen LogP contribution is 2.33. The molecule has 0 saturated heterocycles. The third-order valence-electron chi connectivity index (χ3n) is 4.07. The van der Waals surface area contributed by atoms with E-state index in [1.54, 1.807) is 0 Å². The van der Waals surface area contributed by atoms with Crippen LogP contribution in [-0.4, -0.2) is 6.10 Å². The molecule has 3 rings (SSSR count). The number of aryl methyl sites for hydroxylation is 1. The van der Waals surface area contributed by atoms with Crippen LogP contribution in [0.2, 0.25) is 0 Å². The van der Waals surface area contributed by atoms with Crippen molar-refractivity contribution in [3.05, 3.63) is 64.7 Å². The fourth-order valence-electron chi connectivity index (χ4n) is 2.72. The Morgan fingerprint density at radius 1 is 1.05 bits per heavy atom. The molecule has 0 heterocycles. The summed E-state index contributed by atoms with van der Waals surface area (Å²) in [6, 6.07) is 14.5. The van der Waals surface area contributed by atoms with Crippen LogP contribution in [0.15, 0.2) is 42.5 Å². The topological polar surface area (TPSA) is 35.2 Å². The van der Waals surface area contributed by atoms with Crippen LogP contribution in [0, 0.1) is 13.8 Å². The van der Waals surface area contributed by atoms with Gasteiger partial charge < -0.3 is 10.5 Å². The largest absolute Gasteiger partial charge is 0.488 e. The van der Waals surface area contributed by atoms with Crippen molar-refractivity contribution in [3.8, 4) is 5.75 Å². The summed E-state index contributed by atoms with van der Waals surface area (Å²) >= 11 is 0. The summed E-state index contributed by atoms with van der Waals surface area (Å²) in [6.45, 7) is 4.20. The standard InChI is InChI=1S/C17H19NO/c1-11-6-5-9-15(12(11)2)19-16-10-13-7-3-4-8-14(13)17(16)18/h3-9,16-17H,10,18H2,1-2H3. The Morgan fingerprint density at radius 2 is 1.84 bits per heavy atom. The maximum absolute atomic E-state index is 6.30. The highest BCUT2D eigenvalue weighted by Gasteiger charge is 2.31. The van der Waals surface area contributed by atoms with Crippen molar-refractivity contribution < 1.29 is 4.74 Å². The van der Waals surface area contributed by atoms with Gasteiger partial charge in [0.25, 0.3) is 0 Å². The minimum Gasteiger partial charge on any atom is -0.488 e. The zero-order valence-corrected chi connectivity index (χ0v) is 11.4. The molecule has 98 valence electrons. The number of hydrogen-bond acceptors (Lipinski definition) is 2. The highest BCUT2D eigenvalue weighted by molar-refractivity contribution is 5.40. The maximum atomic E-state index is 6.30. The second kappa shape index (κ2) is 4.71. The van der Waals surface area contributed by atoms with Gasteiger partial charge in [0.1, 0.15) is 11.9 Å². The van der Waals surface area contributed by atoms with E-state index >= 15 is 0 Å². The molecule has 2 aromatic carbocycles. The van der Waals surface area contributed by atoms with E-state index < -0.39 is 0 Å². The molecular formula is C17H19NO. The zero-order chi connectivity index (χ0) is 13.4. The molecule has 2 atom stereocenters. The van der Waals surface area contributed by atoms with Gasteiger partial charge in [0.2, 0.25) is 0 Å². The van der Waals surface area contributed by atoms with Gasteiger partial charge in [-0.25, -0.2) is 0 Å². The maximum Gasteiger partial charge on any atom is 0.123 e. The molecule has 1 aliphatic carbocycles. The van der Waals surface area contributed by atoms with Crippen LogP contribution in [0.4, 0.5) is 0 Å². The van der Waals surface area contributed by atoms with Crippen molar-refractivity contribution in [2.24, 2.45) is 5.73 Å². The summed E-state index contributed by atoms with van der Waals surface area (Å²) in [5, 5.41) is 0. The minimum absolute atomic E-state index is 0.0314. The first-order chi connectivity index (χ1) is 9.16. The van der Waals surface area contributed by atoms with Crippen LogP contribution in [0.5, 0.6) is 5.75 Å². The number of nitrogens with two attached hydrogens (primary N) is 1. The molecule has 0 radical (unpaired) electrons. The number of benzene rings is 2. The molecule has 2 nitrogen and oxygen atoms in total. The number of hydrogen-bond donors (Lipinski definition) is 1. The van der Waals surface area contributed by atoms with Crippen molar-refractivity contribution in [1.29, 1.82) is 0 Å². The second-order valence-corrected chi connectivity index (χ2v) is 5.28. The molecule has 0 aromatic heterocycles. The second-order valence-electron chi connectivity index (χ2n) is 5.28. The van der Waals surface area contributed by atoms with Gasteiger partial charge in [-0.05, 0) is 42.2 Å². The summed E-state index contributed by atoms with van der Waals surface area (Å²) in [5.74, 6) is 0.952. The first-order valence-electron chi connectivity index (χ1n) is 6.73. The van der Waals surface area contributed by atoms with Crippen molar-refractivity contribution >= 4 is 0 Å². The van der Waals surface area contributed by atoms with Gasteiger partial charge in [-0.3, -0.25) is 0 Å². The molecule has 0 spiro atoms. The predicted octanol–water partition coefficient (Wildman–Crippen LogP) is 3.31. The Morgan fingerprint density at radius 3 is 2.63 bits per heavy atom. The van der Waals surface area contributed by atoms with Crippen LogP contribution in [-0.2, 0) is 6.42 Å². The third-order valence-corrected chi connectivity index (χ3v) is 4.07. The van der Waals surface area contributed by atoms with Crippen molar-refractivity contribution in [2.45, 2.75) is 32.4 Å². The first-order valence-corrected chi connectivity index (χ1v) is 6.73.